The first kappa shape index (κ1) is 14.6. The van der Waals surface area contributed by atoms with Gasteiger partial charge in [-0.1, -0.05) is 6.92 Å². The quantitative estimate of drug-likeness (QED) is 0.829. The molecular weight excluding hydrogens is 263 g/mol. The molecule has 0 spiro atoms. The topological polar surface area (TPSA) is 75.8 Å². The van der Waals surface area contributed by atoms with Crippen LogP contribution in [0.15, 0.2) is 12.1 Å². The van der Waals surface area contributed by atoms with Crippen molar-refractivity contribution < 1.29 is 19.0 Å². The lowest BCUT2D eigenvalue weighted by molar-refractivity contribution is 0.0496. The molecule has 1 aliphatic heterocycles. The molecule has 1 aliphatic rings. The van der Waals surface area contributed by atoms with E-state index in [9.17, 15) is 14.3 Å². The normalized spacial score (nSPS) is 22.9. The molecule has 1 aromatic carbocycles. The SMILES string of the molecule is COC1CN(c2ccc(F)c(N)c2C(=O)O)CCC1C. The summed E-state index contributed by atoms with van der Waals surface area (Å²) in [4.78, 5) is 13.2. The molecule has 110 valence electrons. The van der Waals surface area contributed by atoms with E-state index < -0.39 is 11.8 Å². The van der Waals surface area contributed by atoms with Crippen LogP contribution >= 0.6 is 0 Å². The molecule has 20 heavy (non-hydrogen) atoms. The number of hydrogen-bond acceptors (Lipinski definition) is 4. The van der Waals surface area contributed by atoms with Gasteiger partial charge in [-0.25, -0.2) is 9.18 Å². The number of halogens is 1. The highest BCUT2D eigenvalue weighted by atomic mass is 19.1. The Labute approximate surface area is 117 Å². The average molecular weight is 282 g/mol. The molecule has 2 unspecified atom stereocenters. The van der Waals surface area contributed by atoms with Crippen LogP contribution in [-0.4, -0.2) is 37.4 Å². The first-order chi connectivity index (χ1) is 9.45. The molecule has 1 fully saturated rings. The second-order valence-electron chi connectivity index (χ2n) is 5.15. The first-order valence-corrected chi connectivity index (χ1v) is 6.54. The summed E-state index contributed by atoms with van der Waals surface area (Å²) in [6.07, 6.45) is 0.908. The molecule has 1 aromatic rings. The van der Waals surface area contributed by atoms with Crippen molar-refractivity contribution in [3.8, 4) is 0 Å². The third-order valence-electron chi connectivity index (χ3n) is 3.92. The molecule has 1 heterocycles. The van der Waals surface area contributed by atoms with Crippen LogP contribution < -0.4 is 10.6 Å². The molecule has 3 N–H and O–H groups in total. The van der Waals surface area contributed by atoms with E-state index in [2.05, 4.69) is 6.92 Å². The number of rotatable bonds is 3. The lowest BCUT2D eigenvalue weighted by Crippen LogP contribution is -2.44. The van der Waals surface area contributed by atoms with Gasteiger partial charge in [0.25, 0.3) is 0 Å². The van der Waals surface area contributed by atoms with Gasteiger partial charge in [0.05, 0.1) is 17.5 Å². The van der Waals surface area contributed by atoms with Gasteiger partial charge in [0.2, 0.25) is 0 Å². The van der Waals surface area contributed by atoms with Crippen LogP contribution in [0.5, 0.6) is 0 Å². The first-order valence-electron chi connectivity index (χ1n) is 6.54. The van der Waals surface area contributed by atoms with Gasteiger partial charge in [0, 0.05) is 20.2 Å². The zero-order valence-electron chi connectivity index (χ0n) is 11.6. The van der Waals surface area contributed by atoms with Gasteiger partial charge in [-0.05, 0) is 24.5 Å². The van der Waals surface area contributed by atoms with Crippen LogP contribution in [-0.2, 0) is 4.74 Å². The van der Waals surface area contributed by atoms with E-state index in [0.29, 0.717) is 24.7 Å². The number of piperidine rings is 1. The third kappa shape index (κ3) is 2.56. The van der Waals surface area contributed by atoms with Crippen LogP contribution in [0.2, 0.25) is 0 Å². The lowest BCUT2D eigenvalue weighted by atomic mass is 9.94. The number of anilines is 2. The summed E-state index contributed by atoms with van der Waals surface area (Å²) in [5.74, 6) is -1.52. The van der Waals surface area contributed by atoms with Crippen molar-refractivity contribution in [1.82, 2.24) is 0 Å². The summed E-state index contributed by atoms with van der Waals surface area (Å²) >= 11 is 0. The molecule has 0 saturated carbocycles. The number of hydrogen-bond donors (Lipinski definition) is 2. The van der Waals surface area contributed by atoms with E-state index in [1.54, 1.807) is 7.11 Å². The molecule has 0 bridgehead atoms. The standard InChI is InChI=1S/C14H19FN2O3/c1-8-5-6-17(7-11(8)20-2)10-4-3-9(15)13(16)12(10)14(18)19/h3-4,8,11H,5-7,16H2,1-2H3,(H,18,19). The largest absolute Gasteiger partial charge is 0.478 e. The number of methoxy groups -OCH3 is 1. The van der Waals surface area contributed by atoms with Gasteiger partial charge in [0.15, 0.2) is 0 Å². The molecular formula is C14H19FN2O3. The van der Waals surface area contributed by atoms with Gasteiger partial charge in [0.1, 0.15) is 11.4 Å². The average Bonchev–Trinajstić information content (AvgIpc) is 2.42. The van der Waals surface area contributed by atoms with Gasteiger partial charge >= 0.3 is 5.97 Å². The van der Waals surface area contributed by atoms with E-state index in [-0.39, 0.29) is 17.4 Å². The number of carboxylic acids is 1. The molecule has 6 heteroatoms. The number of nitrogens with zero attached hydrogens (tertiary/aromatic N) is 1. The van der Waals surface area contributed by atoms with Crippen molar-refractivity contribution in [2.24, 2.45) is 5.92 Å². The fourth-order valence-corrected chi connectivity index (χ4v) is 2.63. The number of ether oxygens (including phenoxy) is 1. The lowest BCUT2D eigenvalue weighted by Gasteiger charge is -2.38. The number of nitrogens with two attached hydrogens (primary N) is 1. The molecule has 0 radical (unpaired) electrons. The summed E-state index contributed by atoms with van der Waals surface area (Å²) in [5.41, 5.74) is 5.53. The summed E-state index contributed by atoms with van der Waals surface area (Å²) in [6.45, 7) is 3.37. The van der Waals surface area contributed by atoms with Gasteiger partial charge in [-0.15, -0.1) is 0 Å². The van der Waals surface area contributed by atoms with Gasteiger partial charge in [-0.2, -0.15) is 0 Å². The van der Waals surface area contributed by atoms with Crippen molar-refractivity contribution >= 4 is 17.3 Å². The number of carbonyl (C=O) groups is 1. The minimum atomic E-state index is -1.22. The Bertz CT molecular complexity index is 521. The number of carboxylic acid groups (broad SMARTS) is 1. The predicted octanol–water partition coefficient (Wildman–Crippen LogP) is 1.97. The Morgan fingerprint density at radius 1 is 1.55 bits per heavy atom. The molecule has 0 aromatic heterocycles. The van der Waals surface area contributed by atoms with Crippen LogP contribution in [0.25, 0.3) is 0 Å². The summed E-state index contributed by atoms with van der Waals surface area (Å²) in [6, 6.07) is 2.68. The van der Waals surface area contributed by atoms with Crippen molar-refractivity contribution in [2.75, 3.05) is 30.8 Å². The highest BCUT2D eigenvalue weighted by Gasteiger charge is 2.29. The van der Waals surface area contributed by atoms with Crippen LogP contribution in [0.3, 0.4) is 0 Å². The maximum absolute atomic E-state index is 13.5. The number of aromatic carboxylic acids is 1. The Morgan fingerprint density at radius 3 is 2.85 bits per heavy atom. The molecule has 2 rings (SSSR count). The van der Waals surface area contributed by atoms with Gasteiger partial charge in [-0.3, -0.25) is 0 Å². The zero-order chi connectivity index (χ0) is 14.9. The van der Waals surface area contributed by atoms with Crippen molar-refractivity contribution in [2.45, 2.75) is 19.4 Å². The highest BCUT2D eigenvalue weighted by Crippen LogP contribution is 2.31. The third-order valence-corrected chi connectivity index (χ3v) is 3.92. The Balaban J connectivity index is 2.38. The minimum Gasteiger partial charge on any atom is -0.478 e. The fraction of sp³-hybridized carbons (Fsp3) is 0.500. The Hall–Kier alpha value is -1.82. The summed E-state index contributed by atoms with van der Waals surface area (Å²) in [5, 5.41) is 9.27. The van der Waals surface area contributed by atoms with Gasteiger partial charge < -0.3 is 20.5 Å². The maximum atomic E-state index is 13.5. The van der Waals surface area contributed by atoms with Crippen molar-refractivity contribution in [1.29, 1.82) is 0 Å². The molecule has 5 nitrogen and oxygen atoms in total. The predicted molar refractivity (Wildman–Crippen MR) is 74.6 cm³/mol. The van der Waals surface area contributed by atoms with Crippen LogP contribution in [0.4, 0.5) is 15.8 Å². The fourth-order valence-electron chi connectivity index (χ4n) is 2.63. The van der Waals surface area contributed by atoms with E-state index in [0.717, 1.165) is 6.42 Å². The van der Waals surface area contributed by atoms with E-state index in [1.807, 2.05) is 4.90 Å². The molecule has 1 saturated heterocycles. The van der Waals surface area contributed by atoms with E-state index in [4.69, 9.17) is 10.5 Å². The Morgan fingerprint density at radius 2 is 2.25 bits per heavy atom. The number of benzene rings is 1. The maximum Gasteiger partial charge on any atom is 0.340 e. The van der Waals surface area contributed by atoms with Crippen molar-refractivity contribution in [3.63, 3.8) is 0 Å². The monoisotopic (exact) mass is 282 g/mol. The Kier molecular flexibility index (Phi) is 4.13. The van der Waals surface area contributed by atoms with Crippen LogP contribution in [0.1, 0.15) is 23.7 Å². The van der Waals surface area contributed by atoms with E-state index >= 15 is 0 Å². The summed E-state index contributed by atoms with van der Waals surface area (Å²) < 4.78 is 18.9. The van der Waals surface area contributed by atoms with Crippen LogP contribution in [0, 0.1) is 11.7 Å². The summed E-state index contributed by atoms with van der Waals surface area (Å²) in [7, 11) is 1.64. The minimum absolute atomic E-state index is 0.0247. The second kappa shape index (κ2) is 5.66. The smallest absolute Gasteiger partial charge is 0.340 e. The molecule has 0 amide bonds. The van der Waals surface area contributed by atoms with E-state index in [1.165, 1.54) is 12.1 Å². The molecule has 2 atom stereocenters. The second-order valence-corrected chi connectivity index (χ2v) is 5.15. The molecule has 0 aliphatic carbocycles. The highest BCUT2D eigenvalue weighted by molar-refractivity contribution is 6.00. The van der Waals surface area contributed by atoms with Crippen molar-refractivity contribution in [3.05, 3.63) is 23.5 Å². The number of nitrogen functional groups attached to an aromatic ring is 1. The zero-order valence-corrected chi connectivity index (χ0v) is 11.6.